The number of likely N-dealkylation sites (tertiary alicyclic amines) is 1. The largest absolute Gasteiger partial charge is 0.497 e. The van der Waals surface area contributed by atoms with Gasteiger partial charge in [-0.3, -0.25) is 0 Å². The van der Waals surface area contributed by atoms with E-state index >= 15 is 0 Å². The molecule has 2 rings (SSSR count). The van der Waals surface area contributed by atoms with Crippen molar-refractivity contribution in [2.24, 2.45) is 5.73 Å². The average Bonchev–Trinajstić information content (AvgIpc) is 2.48. The molecule has 0 bridgehead atoms. The standard InChI is InChI=1S/C18H28N2O3/c1-12-16(19)10-14(13-7-6-8-15(9-13)22-5)11-20(12)17(21)23-18(2,3)4/h6-9,12,14,16H,10-11,19H2,1-5H3. The van der Waals surface area contributed by atoms with Gasteiger partial charge < -0.3 is 20.1 Å². The van der Waals surface area contributed by atoms with Crippen molar-refractivity contribution in [3.63, 3.8) is 0 Å². The van der Waals surface area contributed by atoms with Gasteiger partial charge in [0, 0.05) is 24.5 Å². The van der Waals surface area contributed by atoms with Crippen LogP contribution in [0.15, 0.2) is 24.3 Å². The zero-order chi connectivity index (χ0) is 17.2. The maximum atomic E-state index is 12.5. The second-order valence-electron chi connectivity index (χ2n) is 7.25. The Bertz CT molecular complexity index is 553. The molecular formula is C18H28N2O3. The van der Waals surface area contributed by atoms with Gasteiger partial charge in [-0.25, -0.2) is 4.79 Å². The first-order valence-corrected chi connectivity index (χ1v) is 8.10. The van der Waals surface area contributed by atoms with Crippen molar-refractivity contribution in [2.75, 3.05) is 13.7 Å². The third-order valence-corrected chi connectivity index (χ3v) is 4.28. The number of rotatable bonds is 2. The Hall–Kier alpha value is -1.75. The number of carbonyl (C=O) groups is 1. The molecule has 1 fully saturated rings. The SMILES string of the molecule is COc1cccc(C2CC(N)C(C)N(C(=O)OC(C)(C)C)C2)c1. The van der Waals surface area contributed by atoms with Gasteiger partial charge in [-0.1, -0.05) is 12.1 Å². The molecule has 0 aliphatic carbocycles. The first kappa shape index (κ1) is 17.6. The van der Waals surface area contributed by atoms with E-state index in [1.165, 1.54) is 0 Å². The monoisotopic (exact) mass is 320 g/mol. The van der Waals surface area contributed by atoms with Crippen LogP contribution in [0.4, 0.5) is 4.79 Å². The van der Waals surface area contributed by atoms with Gasteiger partial charge in [0.2, 0.25) is 0 Å². The Morgan fingerprint density at radius 2 is 2.04 bits per heavy atom. The van der Waals surface area contributed by atoms with E-state index < -0.39 is 5.60 Å². The van der Waals surface area contributed by atoms with Gasteiger partial charge in [0.1, 0.15) is 11.4 Å². The minimum Gasteiger partial charge on any atom is -0.497 e. The fourth-order valence-corrected chi connectivity index (χ4v) is 2.93. The van der Waals surface area contributed by atoms with Crippen LogP contribution in [0.25, 0.3) is 0 Å². The summed E-state index contributed by atoms with van der Waals surface area (Å²) in [5.41, 5.74) is 6.92. The fourth-order valence-electron chi connectivity index (χ4n) is 2.93. The molecule has 5 heteroatoms. The topological polar surface area (TPSA) is 64.8 Å². The normalized spacial score (nSPS) is 25.1. The summed E-state index contributed by atoms with van der Waals surface area (Å²) >= 11 is 0. The van der Waals surface area contributed by atoms with E-state index in [0.717, 1.165) is 17.7 Å². The Balaban J connectivity index is 2.19. The van der Waals surface area contributed by atoms with Crippen molar-refractivity contribution >= 4 is 6.09 Å². The smallest absolute Gasteiger partial charge is 0.410 e. The molecule has 3 atom stereocenters. The Labute approximate surface area is 138 Å². The second-order valence-corrected chi connectivity index (χ2v) is 7.25. The summed E-state index contributed by atoms with van der Waals surface area (Å²) in [7, 11) is 1.65. The molecule has 0 radical (unpaired) electrons. The molecule has 5 nitrogen and oxygen atoms in total. The highest BCUT2D eigenvalue weighted by molar-refractivity contribution is 5.69. The molecule has 1 heterocycles. The van der Waals surface area contributed by atoms with Crippen molar-refractivity contribution in [3.05, 3.63) is 29.8 Å². The molecule has 1 saturated heterocycles. The number of ether oxygens (including phenoxy) is 2. The van der Waals surface area contributed by atoms with Crippen LogP contribution in [0.5, 0.6) is 5.75 Å². The van der Waals surface area contributed by atoms with E-state index in [4.69, 9.17) is 15.2 Å². The predicted octanol–water partition coefficient (Wildman–Crippen LogP) is 3.14. The van der Waals surface area contributed by atoms with E-state index in [1.807, 2.05) is 45.9 Å². The zero-order valence-electron chi connectivity index (χ0n) is 14.7. The molecule has 2 N–H and O–H groups in total. The number of nitrogens with zero attached hydrogens (tertiary/aromatic N) is 1. The highest BCUT2D eigenvalue weighted by atomic mass is 16.6. The number of methoxy groups -OCH3 is 1. The lowest BCUT2D eigenvalue weighted by Gasteiger charge is -2.42. The Morgan fingerprint density at radius 1 is 1.35 bits per heavy atom. The Kier molecular flexibility index (Phi) is 5.19. The molecule has 1 aliphatic rings. The van der Waals surface area contributed by atoms with E-state index in [9.17, 15) is 4.79 Å². The van der Waals surface area contributed by atoms with Gasteiger partial charge in [-0.2, -0.15) is 0 Å². The van der Waals surface area contributed by atoms with Crippen LogP contribution in [-0.2, 0) is 4.74 Å². The van der Waals surface area contributed by atoms with Crippen LogP contribution >= 0.6 is 0 Å². The second kappa shape index (κ2) is 6.79. The predicted molar refractivity (Wildman–Crippen MR) is 90.7 cm³/mol. The lowest BCUT2D eigenvalue weighted by molar-refractivity contribution is 0.00666. The molecule has 1 aromatic rings. The van der Waals surface area contributed by atoms with Crippen molar-refractivity contribution in [2.45, 2.75) is 57.7 Å². The first-order chi connectivity index (χ1) is 10.7. The minimum atomic E-state index is -0.510. The number of carbonyl (C=O) groups excluding carboxylic acids is 1. The lowest BCUT2D eigenvalue weighted by atomic mass is 9.85. The maximum absolute atomic E-state index is 12.5. The molecule has 128 valence electrons. The van der Waals surface area contributed by atoms with Gasteiger partial charge in [-0.15, -0.1) is 0 Å². The molecule has 1 aromatic carbocycles. The van der Waals surface area contributed by atoms with Gasteiger partial charge in [0.05, 0.1) is 7.11 Å². The van der Waals surface area contributed by atoms with Crippen LogP contribution < -0.4 is 10.5 Å². The molecule has 0 saturated carbocycles. The number of nitrogens with two attached hydrogens (primary N) is 1. The molecule has 23 heavy (non-hydrogen) atoms. The van der Waals surface area contributed by atoms with Crippen LogP contribution in [0.2, 0.25) is 0 Å². The summed E-state index contributed by atoms with van der Waals surface area (Å²) in [6.45, 7) is 8.21. The lowest BCUT2D eigenvalue weighted by Crippen LogP contribution is -2.55. The molecule has 0 spiro atoms. The summed E-state index contributed by atoms with van der Waals surface area (Å²) in [5.74, 6) is 1.00. The molecule has 1 aliphatic heterocycles. The third-order valence-electron chi connectivity index (χ3n) is 4.28. The summed E-state index contributed by atoms with van der Waals surface area (Å²) in [6, 6.07) is 7.85. The number of hydrogen-bond donors (Lipinski definition) is 1. The van der Waals surface area contributed by atoms with Gasteiger partial charge in [0.15, 0.2) is 0 Å². The van der Waals surface area contributed by atoms with Crippen molar-refractivity contribution in [3.8, 4) is 5.75 Å². The molecular weight excluding hydrogens is 292 g/mol. The number of amides is 1. The number of piperidine rings is 1. The fraction of sp³-hybridized carbons (Fsp3) is 0.611. The summed E-state index contributed by atoms with van der Waals surface area (Å²) < 4.78 is 10.8. The highest BCUT2D eigenvalue weighted by Crippen LogP contribution is 2.32. The van der Waals surface area contributed by atoms with Gasteiger partial charge in [-0.05, 0) is 51.8 Å². The zero-order valence-corrected chi connectivity index (χ0v) is 14.7. The molecule has 3 unspecified atom stereocenters. The van der Waals surface area contributed by atoms with Crippen LogP contribution in [0.1, 0.15) is 45.6 Å². The summed E-state index contributed by atoms with van der Waals surface area (Å²) in [5, 5.41) is 0. The first-order valence-electron chi connectivity index (χ1n) is 8.10. The van der Waals surface area contributed by atoms with Crippen molar-refractivity contribution in [1.82, 2.24) is 4.90 Å². The van der Waals surface area contributed by atoms with Gasteiger partial charge in [0.25, 0.3) is 0 Å². The van der Waals surface area contributed by atoms with E-state index in [0.29, 0.717) is 6.54 Å². The van der Waals surface area contributed by atoms with Crippen molar-refractivity contribution < 1.29 is 14.3 Å². The van der Waals surface area contributed by atoms with Crippen LogP contribution in [0, 0.1) is 0 Å². The molecule has 0 aromatic heterocycles. The summed E-state index contributed by atoms with van der Waals surface area (Å²) in [4.78, 5) is 14.2. The van der Waals surface area contributed by atoms with Gasteiger partial charge >= 0.3 is 6.09 Å². The average molecular weight is 320 g/mol. The van der Waals surface area contributed by atoms with E-state index in [-0.39, 0.29) is 24.1 Å². The van der Waals surface area contributed by atoms with E-state index in [1.54, 1.807) is 12.0 Å². The van der Waals surface area contributed by atoms with Crippen LogP contribution in [-0.4, -0.2) is 42.3 Å². The maximum Gasteiger partial charge on any atom is 0.410 e. The number of hydrogen-bond acceptors (Lipinski definition) is 4. The highest BCUT2D eigenvalue weighted by Gasteiger charge is 2.36. The minimum absolute atomic E-state index is 0.0355. The number of benzene rings is 1. The quantitative estimate of drug-likeness (QED) is 0.909. The summed E-state index contributed by atoms with van der Waals surface area (Å²) in [6.07, 6.45) is 0.543. The third kappa shape index (κ3) is 4.38. The van der Waals surface area contributed by atoms with Crippen molar-refractivity contribution in [1.29, 1.82) is 0 Å². The van der Waals surface area contributed by atoms with E-state index in [2.05, 4.69) is 6.07 Å². The molecule has 1 amide bonds. The Morgan fingerprint density at radius 3 is 2.65 bits per heavy atom. The van der Waals surface area contributed by atoms with Crippen LogP contribution in [0.3, 0.4) is 0 Å².